The molecule has 0 saturated heterocycles. The van der Waals surface area contributed by atoms with Crippen molar-refractivity contribution in [2.45, 2.75) is 25.3 Å². The Bertz CT molecular complexity index is 443. The number of nitrogens with zero attached hydrogens (tertiary/aromatic N) is 1. The van der Waals surface area contributed by atoms with Gasteiger partial charge in [-0.25, -0.2) is 0 Å². The van der Waals surface area contributed by atoms with Crippen LogP contribution in [0.5, 0.6) is 0 Å². The molecule has 1 aromatic carbocycles. The van der Waals surface area contributed by atoms with Gasteiger partial charge in [-0.05, 0) is 49.4 Å². The van der Waals surface area contributed by atoms with Crippen LogP contribution in [-0.4, -0.2) is 17.0 Å². The average molecular weight is 295 g/mol. The molecule has 0 aliphatic heterocycles. The Kier molecular flexibility index (Phi) is 2.82. The number of hydrogen-bond donors (Lipinski definition) is 2. The van der Waals surface area contributed by atoms with Crippen molar-refractivity contribution in [2.75, 3.05) is 5.32 Å². The van der Waals surface area contributed by atoms with Gasteiger partial charge in [0.15, 0.2) is 0 Å². The molecule has 3 rings (SSSR count). The van der Waals surface area contributed by atoms with Crippen LogP contribution < -0.4 is 5.32 Å². The molecule has 0 unspecified atom stereocenters. The predicted octanol–water partition coefficient (Wildman–Crippen LogP) is 3.49. The summed E-state index contributed by atoms with van der Waals surface area (Å²) in [4.78, 5) is 0. The molecule has 0 spiro atoms. The van der Waals surface area contributed by atoms with Gasteiger partial charge in [-0.3, -0.25) is 0 Å². The van der Waals surface area contributed by atoms with Crippen molar-refractivity contribution in [3.8, 4) is 0 Å². The van der Waals surface area contributed by atoms with Crippen LogP contribution in [0.25, 0.3) is 0 Å². The lowest BCUT2D eigenvalue weighted by Crippen LogP contribution is -2.35. The molecule has 17 heavy (non-hydrogen) atoms. The zero-order valence-corrected chi connectivity index (χ0v) is 11.0. The number of nitrogens with one attached hydrogen (secondary N) is 1. The van der Waals surface area contributed by atoms with E-state index in [4.69, 9.17) is 5.21 Å². The van der Waals surface area contributed by atoms with Crippen molar-refractivity contribution in [2.24, 2.45) is 17.0 Å². The lowest BCUT2D eigenvalue weighted by Gasteiger charge is -2.24. The molecule has 2 bridgehead atoms. The SMILES string of the molecule is O/N=C1\[C@H]2CC[C@H](C2)[C@@H]1Nc1ccc(Br)cc1. The fourth-order valence-electron chi connectivity index (χ4n) is 3.14. The monoisotopic (exact) mass is 294 g/mol. The molecule has 2 aliphatic carbocycles. The molecule has 90 valence electrons. The van der Waals surface area contributed by atoms with Crippen molar-refractivity contribution in [3.05, 3.63) is 28.7 Å². The van der Waals surface area contributed by atoms with E-state index in [9.17, 15) is 0 Å². The van der Waals surface area contributed by atoms with E-state index in [2.05, 4.69) is 26.4 Å². The smallest absolute Gasteiger partial charge is 0.0826 e. The highest BCUT2D eigenvalue weighted by molar-refractivity contribution is 9.10. The third-order valence-corrected chi connectivity index (χ3v) is 4.49. The predicted molar refractivity (Wildman–Crippen MR) is 71.6 cm³/mol. The molecule has 4 heteroatoms. The van der Waals surface area contributed by atoms with Crippen molar-refractivity contribution >= 4 is 27.3 Å². The Morgan fingerprint density at radius 2 is 2.00 bits per heavy atom. The van der Waals surface area contributed by atoms with Gasteiger partial charge in [-0.2, -0.15) is 0 Å². The molecular formula is C13H15BrN2O. The lowest BCUT2D eigenvalue weighted by molar-refractivity contribution is 0.312. The first-order valence-corrected chi connectivity index (χ1v) is 6.81. The number of anilines is 1. The van der Waals surface area contributed by atoms with E-state index < -0.39 is 0 Å². The van der Waals surface area contributed by atoms with Crippen molar-refractivity contribution in [1.29, 1.82) is 0 Å². The number of fused-ring (bicyclic) bond motifs is 2. The Balaban J connectivity index is 1.79. The molecule has 0 amide bonds. The molecule has 2 saturated carbocycles. The number of benzene rings is 1. The Morgan fingerprint density at radius 1 is 1.24 bits per heavy atom. The van der Waals surface area contributed by atoms with E-state index in [1.54, 1.807) is 0 Å². The lowest BCUT2D eigenvalue weighted by atomic mass is 9.93. The molecule has 2 aliphatic rings. The third-order valence-electron chi connectivity index (χ3n) is 3.96. The standard InChI is InChI=1S/C13H15BrN2O/c14-10-3-5-11(6-4-10)15-12-8-1-2-9(7-8)13(12)16-17/h3-6,8-9,12,15,17H,1-2,7H2/b16-13+/t8-,9+,12+/m1/s1. The van der Waals surface area contributed by atoms with E-state index >= 15 is 0 Å². The minimum atomic E-state index is 0.222. The first kappa shape index (κ1) is 11.1. The Labute approximate surface area is 109 Å². The van der Waals surface area contributed by atoms with E-state index in [0.29, 0.717) is 11.8 Å². The molecule has 2 fully saturated rings. The zero-order chi connectivity index (χ0) is 11.8. The van der Waals surface area contributed by atoms with Crippen LogP contribution in [0.4, 0.5) is 5.69 Å². The van der Waals surface area contributed by atoms with Crippen molar-refractivity contribution in [3.63, 3.8) is 0 Å². The van der Waals surface area contributed by atoms with Crippen LogP contribution in [-0.2, 0) is 0 Å². The summed E-state index contributed by atoms with van der Waals surface area (Å²) in [6.07, 6.45) is 3.61. The zero-order valence-electron chi connectivity index (χ0n) is 9.44. The van der Waals surface area contributed by atoms with Crippen LogP contribution in [0.3, 0.4) is 0 Å². The van der Waals surface area contributed by atoms with Gasteiger partial charge in [0.05, 0.1) is 11.8 Å². The Hall–Kier alpha value is -1.03. The average Bonchev–Trinajstić information content (AvgIpc) is 2.92. The van der Waals surface area contributed by atoms with Crippen LogP contribution in [0.1, 0.15) is 19.3 Å². The summed E-state index contributed by atoms with van der Waals surface area (Å²) in [6.45, 7) is 0. The van der Waals surface area contributed by atoms with Gasteiger partial charge in [0.1, 0.15) is 0 Å². The molecule has 3 nitrogen and oxygen atoms in total. The summed E-state index contributed by atoms with van der Waals surface area (Å²) in [5, 5.41) is 16.1. The number of rotatable bonds is 2. The summed E-state index contributed by atoms with van der Waals surface area (Å²) in [5.74, 6) is 1.13. The summed E-state index contributed by atoms with van der Waals surface area (Å²) in [7, 11) is 0. The number of oxime groups is 1. The second kappa shape index (κ2) is 4.33. The molecule has 1 aromatic rings. The maximum atomic E-state index is 9.12. The fraction of sp³-hybridized carbons (Fsp3) is 0.462. The minimum Gasteiger partial charge on any atom is -0.411 e. The normalized spacial score (nSPS) is 33.2. The molecule has 0 heterocycles. The van der Waals surface area contributed by atoms with Gasteiger partial charge < -0.3 is 10.5 Å². The Morgan fingerprint density at radius 3 is 2.71 bits per heavy atom. The summed E-state index contributed by atoms with van der Waals surface area (Å²) < 4.78 is 1.08. The van der Waals surface area contributed by atoms with Gasteiger partial charge in [0.25, 0.3) is 0 Å². The largest absolute Gasteiger partial charge is 0.411 e. The highest BCUT2D eigenvalue weighted by atomic mass is 79.9. The fourth-order valence-corrected chi connectivity index (χ4v) is 3.41. The van der Waals surface area contributed by atoms with Gasteiger partial charge in [0, 0.05) is 16.1 Å². The van der Waals surface area contributed by atoms with Crippen molar-refractivity contribution in [1.82, 2.24) is 0 Å². The molecular weight excluding hydrogens is 280 g/mol. The second-order valence-electron chi connectivity index (χ2n) is 4.92. The highest BCUT2D eigenvalue weighted by Gasteiger charge is 2.45. The van der Waals surface area contributed by atoms with Gasteiger partial charge >= 0.3 is 0 Å². The maximum Gasteiger partial charge on any atom is 0.0826 e. The quantitative estimate of drug-likeness (QED) is 0.648. The molecule has 0 aromatic heterocycles. The molecule has 0 radical (unpaired) electrons. The van der Waals surface area contributed by atoms with Crippen LogP contribution in [0.2, 0.25) is 0 Å². The minimum absolute atomic E-state index is 0.222. The maximum absolute atomic E-state index is 9.12. The number of halogens is 1. The second-order valence-corrected chi connectivity index (χ2v) is 5.84. The van der Waals surface area contributed by atoms with Crippen LogP contribution in [0.15, 0.2) is 33.9 Å². The van der Waals surface area contributed by atoms with Crippen LogP contribution >= 0.6 is 15.9 Å². The topological polar surface area (TPSA) is 44.6 Å². The van der Waals surface area contributed by atoms with Crippen LogP contribution in [0, 0.1) is 11.8 Å². The summed E-state index contributed by atoms with van der Waals surface area (Å²) >= 11 is 3.42. The molecule has 3 atom stereocenters. The van der Waals surface area contributed by atoms with Crippen molar-refractivity contribution < 1.29 is 5.21 Å². The first-order valence-electron chi connectivity index (χ1n) is 6.02. The van der Waals surface area contributed by atoms with E-state index in [1.807, 2.05) is 24.3 Å². The molecule has 2 N–H and O–H groups in total. The van der Waals surface area contributed by atoms with E-state index in [1.165, 1.54) is 19.3 Å². The first-order chi connectivity index (χ1) is 8.28. The van der Waals surface area contributed by atoms with E-state index in [0.717, 1.165) is 15.9 Å². The van der Waals surface area contributed by atoms with Gasteiger partial charge in [-0.1, -0.05) is 21.1 Å². The van der Waals surface area contributed by atoms with Gasteiger partial charge in [-0.15, -0.1) is 0 Å². The highest BCUT2D eigenvalue weighted by Crippen LogP contribution is 2.43. The van der Waals surface area contributed by atoms with E-state index in [-0.39, 0.29) is 6.04 Å². The number of hydrogen-bond acceptors (Lipinski definition) is 3. The summed E-state index contributed by atoms with van der Waals surface area (Å²) in [6, 6.07) is 8.35. The third kappa shape index (κ3) is 1.95. The summed E-state index contributed by atoms with van der Waals surface area (Å²) in [5.41, 5.74) is 2.04. The van der Waals surface area contributed by atoms with Gasteiger partial charge in [0.2, 0.25) is 0 Å².